The van der Waals surface area contributed by atoms with Gasteiger partial charge >= 0.3 is 0 Å². The summed E-state index contributed by atoms with van der Waals surface area (Å²) in [6.07, 6.45) is 4.07. The zero-order valence-electron chi connectivity index (χ0n) is 8.77. The van der Waals surface area contributed by atoms with E-state index in [1.165, 1.54) is 32.4 Å². The van der Waals surface area contributed by atoms with Crippen LogP contribution >= 0.6 is 0 Å². The molecular formula is C11H23N. The van der Waals surface area contributed by atoms with Crippen molar-refractivity contribution in [3.63, 3.8) is 0 Å². The van der Waals surface area contributed by atoms with Crippen LogP contribution in [0.15, 0.2) is 0 Å². The maximum atomic E-state index is 3.55. The van der Waals surface area contributed by atoms with Crippen LogP contribution in [-0.4, -0.2) is 13.1 Å². The molecule has 0 aromatic heterocycles. The van der Waals surface area contributed by atoms with Crippen molar-refractivity contribution in [2.24, 2.45) is 17.8 Å². The van der Waals surface area contributed by atoms with Gasteiger partial charge in [0.2, 0.25) is 0 Å². The van der Waals surface area contributed by atoms with Gasteiger partial charge in [0.05, 0.1) is 0 Å². The van der Waals surface area contributed by atoms with Gasteiger partial charge in [0, 0.05) is 0 Å². The molecule has 1 fully saturated rings. The first-order chi connectivity index (χ1) is 5.83. The highest BCUT2D eigenvalue weighted by atomic mass is 14.9. The molecule has 0 bridgehead atoms. The minimum Gasteiger partial charge on any atom is -0.316 e. The third-order valence-electron chi connectivity index (χ3n) is 3.54. The molecule has 1 rings (SSSR count). The molecule has 0 aromatic carbocycles. The van der Waals surface area contributed by atoms with Gasteiger partial charge < -0.3 is 5.32 Å². The lowest BCUT2D eigenvalue weighted by atomic mass is 9.75. The Kier molecular flexibility index (Phi) is 4.07. The molecule has 1 saturated heterocycles. The molecular weight excluding hydrogens is 146 g/mol. The van der Waals surface area contributed by atoms with E-state index in [9.17, 15) is 0 Å². The number of hydrogen-bond acceptors (Lipinski definition) is 1. The molecule has 2 atom stereocenters. The fraction of sp³-hybridized carbons (Fsp3) is 1.00. The first kappa shape index (κ1) is 10.0. The van der Waals surface area contributed by atoms with Crippen LogP contribution in [0.2, 0.25) is 0 Å². The van der Waals surface area contributed by atoms with E-state index >= 15 is 0 Å². The molecule has 1 N–H and O–H groups in total. The molecule has 1 heterocycles. The van der Waals surface area contributed by atoms with Crippen molar-refractivity contribution in [1.29, 1.82) is 0 Å². The van der Waals surface area contributed by atoms with Crippen molar-refractivity contribution in [2.45, 2.75) is 40.0 Å². The van der Waals surface area contributed by atoms with Crippen molar-refractivity contribution in [1.82, 2.24) is 5.32 Å². The van der Waals surface area contributed by atoms with Gasteiger partial charge in [-0.2, -0.15) is 0 Å². The van der Waals surface area contributed by atoms with Crippen LogP contribution in [0.4, 0.5) is 0 Å². The largest absolute Gasteiger partial charge is 0.316 e. The van der Waals surface area contributed by atoms with Crippen molar-refractivity contribution < 1.29 is 0 Å². The molecule has 1 aliphatic heterocycles. The lowest BCUT2D eigenvalue weighted by Gasteiger charge is -2.37. The van der Waals surface area contributed by atoms with Crippen LogP contribution in [0.3, 0.4) is 0 Å². The van der Waals surface area contributed by atoms with Crippen molar-refractivity contribution in [3.05, 3.63) is 0 Å². The third-order valence-corrected chi connectivity index (χ3v) is 3.54. The SMILES string of the molecule is CCC1CNCC(CC)C1CC. The normalized spacial score (nSPS) is 36.8. The number of rotatable bonds is 3. The monoisotopic (exact) mass is 169 g/mol. The summed E-state index contributed by atoms with van der Waals surface area (Å²) in [6, 6.07) is 0. The number of hydrogen-bond donors (Lipinski definition) is 1. The maximum absolute atomic E-state index is 3.55. The summed E-state index contributed by atoms with van der Waals surface area (Å²) in [5.41, 5.74) is 0. The number of piperidine rings is 1. The van der Waals surface area contributed by atoms with E-state index < -0.39 is 0 Å². The fourth-order valence-electron chi connectivity index (χ4n) is 2.70. The lowest BCUT2D eigenvalue weighted by molar-refractivity contribution is 0.155. The van der Waals surface area contributed by atoms with Gasteiger partial charge in [0.25, 0.3) is 0 Å². The van der Waals surface area contributed by atoms with Gasteiger partial charge in [-0.3, -0.25) is 0 Å². The molecule has 1 nitrogen and oxygen atoms in total. The average molecular weight is 169 g/mol. The molecule has 0 radical (unpaired) electrons. The van der Waals surface area contributed by atoms with Gasteiger partial charge in [-0.05, 0) is 30.8 Å². The smallest absolute Gasteiger partial charge is 0.00177 e. The summed E-state index contributed by atoms with van der Waals surface area (Å²) < 4.78 is 0. The van der Waals surface area contributed by atoms with Crippen LogP contribution in [0, 0.1) is 17.8 Å². The lowest BCUT2D eigenvalue weighted by Crippen LogP contribution is -2.42. The van der Waals surface area contributed by atoms with Crippen LogP contribution in [0.1, 0.15) is 40.0 Å². The molecule has 1 heteroatoms. The Bertz CT molecular complexity index is 110. The molecule has 0 spiro atoms. The fourth-order valence-corrected chi connectivity index (χ4v) is 2.70. The maximum Gasteiger partial charge on any atom is -0.00177 e. The van der Waals surface area contributed by atoms with Crippen molar-refractivity contribution in [3.8, 4) is 0 Å². The molecule has 0 saturated carbocycles. The second-order valence-corrected chi connectivity index (χ2v) is 4.07. The van der Waals surface area contributed by atoms with E-state index in [0.29, 0.717) is 0 Å². The zero-order chi connectivity index (χ0) is 8.97. The molecule has 0 amide bonds. The van der Waals surface area contributed by atoms with Crippen LogP contribution in [0.25, 0.3) is 0 Å². The van der Waals surface area contributed by atoms with Crippen LogP contribution < -0.4 is 5.32 Å². The summed E-state index contributed by atoms with van der Waals surface area (Å²) in [5, 5.41) is 3.55. The first-order valence-electron chi connectivity index (χ1n) is 5.54. The first-order valence-corrected chi connectivity index (χ1v) is 5.54. The van der Waals surface area contributed by atoms with Gasteiger partial charge in [-0.25, -0.2) is 0 Å². The van der Waals surface area contributed by atoms with E-state index in [2.05, 4.69) is 26.1 Å². The minimum atomic E-state index is 0.939. The number of nitrogens with one attached hydrogen (secondary N) is 1. The van der Waals surface area contributed by atoms with Crippen LogP contribution in [-0.2, 0) is 0 Å². The summed E-state index contributed by atoms with van der Waals surface area (Å²) in [7, 11) is 0. The molecule has 0 aliphatic carbocycles. The minimum absolute atomic E-state index is 0.939. The van der Waals surface area contributed by atoms with E-state index in [-0.39, 0.29) is 0 Å². The Hall–Kier alpha value is -0.0400. The highest BCUT2D eigenvalue weighted by Crippen LogP contribution is 2.31. The second kappa shape index (κ2) is 4.86. The van der Waals surface area contributed by atoms with E-state index in [0.717, 1.165) is 17.8 Å². The third kappa shape index (κ3) is 2.01. The predicted octanol–water partition coefficient (Wildman–Crippen LogP) is 2.67. The Balaban J connectivity index is 2.52. The van der Waals surface area contributed by atoms with Crippen LogP contribution in [0.5, 0.6) is 0 Å². The Labute approximate surface area is 76.9 Å². The van der Waals surface area contributed by atoms with Gasteiger partial charge in [-0.15, -0.1) is 0 Å². The average Bonchev–Trinajstić information content (AvgIpc) is 2.16. The summed E-state index contributed by atoms with van der Waals surface area (Å²) in [5.74, 6) is 2.86. The molecule has 2 unspecified atom stereocenters. The Morgan fingerprint density at radius 1 is 0.917 bits per heavy atom. The highest BCUT2D eigenvalue weighted by Gasteiger charge is 2.29. The quantitative estimate of drug-likeness (QED) is 0.685. The second-order valence-electron chi connectivity index (χ2n) is 4.07. The zero-order valence-corrected chi connectivity index (χ0v) is 8.77. The van der Waals surface area contributed by atoms with Gasteiger partial charge in [0.15, 0.2) is 0 Å². The summed E-state index contributed by atoms with van der Waals surface area (Å²) >= 11 is 0. The van der Waals surface area contributed by atoms with E-state index in [1.54, 1.807) is 0 Å². The summed E-state index contributed by atoms with van der Waals surface area (Å²) in [6.45, 7) is 9.51. The predicted molar refractivity (Wildman–Crippen MR) is 54.2 cm³/mol. The topological polar surface area (TPSA) is 12.0 Å². The van der Waals surface area contributed by atoms with E-state index in [4.69, 9.17) is 0 Å². The molecule has 0 aromatic rings. The van der Waals surface area contributed by atoms with Gasteiger partial charge in [0.1, 0.15) is 0 Å². The Morgan fingerprint density at radius 2 is 1.42 bits per heavy atom. The van der Waals surface area contributed by atoms with Crippen molar-refractivity contribution in [2.75, 3.05) is 13.1 Å². The standard InChI is InChI=1S/C11H23N/c1-4-9-7-12-8-10(5-2)11(9)6-3/h9-12H,4-8H2,1-3H3. The summed E-state index contributed by atoms with van der Waals surface area (Å²) in [4.78, 5) is 0. The molecule has 12 heavy (non-hydrogen) atoms. The van der Waals surface area contributed by atoms with Gasteiger partial charge in [-0.1, -0.05) is 40.0 Å². The molecule has 1 aliphatic rings. The van der Waals surface area contributed by atoms with E-state index in [1.807, 2.05) is 0 Å². The highest BCUT2D eigenvalue weighted by molar-refractivity contribution is 4.82. The Morgan fingerprint density at radius 3 is 1.75 bits per heavy atom. The molecule has 72 valence electrons. The van der Waals surface area contributed by atoms with Crippen molar-refractivity contribution >= 4 is 0 Å².